The summed E-state index contributed by atoms with van der Waals surface area (Å²) in [6, 6.07) is 3.46. The summed E-state index contributed by atoms with van der Waals surface area (Å²) in [5.74, 6) is -1.04. The topological polar surface area (TPSA) is 54.5 Å². The fourth-order valence-corrected chi connectivity index (χ4v) is 2.67. The van der Waals surface area contributed by atoms with Gasteiger partial charge in [0.25, 0.3) is 9.05 Å². The Balaban J connectivity index is 2.41. The Morgan fingerprint density at radius 2 is 2.06 bits per heavy atom. The summed E-state index contributed by atoms with van der Waals surface area (Å²) in [6.07, 6.45) is 1.15. The lowest BCUT2D eigenvalue weighted by Gasteiger charge is -2.15. The molecule has 0 aromatic heterocycles. The fraction of sp³-hybridized carbons (Fsp3) is 0.300. The highest BCUT2D eigenvalue weighted by Gasteiger charge is 2.24. The van der Waals surface area contributed by atoms with Gasteiger partial charge in [-0.25, -0.2) is 12.8 Å². The maximum absolute atomic E-state index is 13.5. The Morgan fingerprint density at radius 1 is 1.35 bits per heavy atom. The quantitative estimate of drug-likeness (QED) is 0.776. The monoisotopic (exact) mass is 277 g/mol. The molecule has 1 aromatic carbocycles. The molecule has 0 atom stereocenters. The number of halogens is 2. The Kier molecular flexibility index (Phi) is 3.09. The third-order valence-corrected chi connectivity index (χ3v) is 3.92. The van der Waals surface area contributed by atoms with E-state index in [2.05, 4.69) is 0 Å². The predicted octanol–water partition coefficient (Wildman–Crippen LogP) is 1.88. The van der Waals surface area contributed by atoms with Crippen LogP contribution < -0.4 is 4.90 Å². The van der Waals surface area contributed by atoms with Crippen molar-refractivity contribution in [1.82, 2.24) is 0 Å². The summed E-state index contributed by atoms with van der Waals surface area (Å²) in [5.41, 5.74) is 0.356. The standard InChI is InChI=1S/C10H9ClFNO3S/c11-17(15,16)9-4-3-7(6-8(9)12)13-5-1-2-10(13)14/h3-4,6H,1-2,5H2. The van der Waals surface area contributed by atoms with Gasteiger partial charge in [-0.05, 0) is 24.6 Å². The molecular formula is C10H9ClFNO3S. The van der Waals surface area contributed by atoms with Crippen LogP contribution in [0.2, 0.25) is 0 Å². The van der Waals surface area contributed by atoms with Crippen molar-refractivity contribution in [3.05, 3.63) is 24.0 Å². The Labute approximate surface area is 102 Å². The first-order valence-electron chi connectivity index (χ1n) is 4.94. The molecule has 0 radical (unpaired) electrons. The van der Waals surface area contributed by atoms with Crippen LogP contribution in [-0.4, -0.2) is 20.9 Å². The lowest BCUT2D eigenvalue weighted by Crippen LogP contribution is -2.23. The molecule has 1 saturated heterocycles. The van der Waals surface area contributed by atoms with Gasteiger partial charge in [0.05, 0.1) is 0 Å². The molecule has 7 heteroatoms. The molecule has 0 unspecified atom stereocenters. The molecule has 1 aromatic rings. The van der Waals surface area contributed by atoms with Gasteiger partial charge < -0.3 is 4.90 Å². The van der Waals surface area contributed by atoms with Crippen molar-refractivity contribution in [2.75, 3.05) is 11.4 Å². The van der Waals surface area contributed by atoms with E-state index in [9.17, 15) is 17.6 Å². The van der Waals surface area contributed by atoms with Crippen molar-refractivity contribution in [3.8, 4) is 0 Å². The number of carbonyl (C=O) groups excluding carboxylic acids is 1. The molecular weight excluding hydrogens is 269 g/mol. The smallest absolute Gasteiger partial charge is 0.264 e. The van der Waals surface area contributed by atoms with E-state index >= 15 is 0 Å². The molecule has 1 amide bonds. The second-order valence-corrected chi connectivity index (χ2v) is 6.24. The predicted molar refractivity (Wildman–Crippen MR) is 61.0 cm³/mol. The minimum atomic E-state index is -4.09. The third-order valence-electron chi connectivity index (χ3n) is 2.56. The van der Waals surface area contributed by atoms with Crippen LogP contribution in [0.5, 0.6) is 0 Å². The lowest BCUT2D eigenvalue weighted by atomic mass is 10.3. The first-order chi connectivity index (χ1) is 7.89. The van der Waals surface area contributed by atoms with E-state index < -0.39 is 19.8 Å². The Hall–Kier alpha value is -1.14. The van der Waals surface area contributed by atoms with Crippen LogP contribution in [0.3, 0.4) is 0 Å². The summed E-state index contributed by atoms with van der Waals surface area (Å²) < 4.78 is 35.5. The van der Waals surface area contributed by atoms with E-state index in [1.54, 1.807) is 0 Å². The van der Waals surface area contributed by atoms with E-state index in [1.165, 1.54) is 11.0 Å². The molecule has 0 saturated carbocycles. The molecule has 0 spiro atoms. The van der Waals surface area contributed by atoms with Crippen LogP contribution in [-0.2, 0) is 13.8 Å². The summed E-state index contributed by atoms with van der Waals surface area (Å²) in [4.78, 5) is 12.3. The normalized spacial score (nSPS) is 16.6. The largest absolute Gasteiger partial charge is 0.312 e. The molecule has 1 fully saturated rings. The van der Waals surface area contributed by atoms with E-state index in [1.807, 2.05) is 0 Å². The number of nitrogens with zero attached hydrogens (tertiary/aromatic N) is 1. The van der Waals surface area contributed by atoms with E-state index in [-0.39, 0.29) is 5.91 Å². The highest BCUT2D eigenvalue weighted by atomic mass is 35.7. The van der Waals surface area contributed by atoms with Crippen molar-refractivity contribution in [3.63, 3.8) is 0 Å². The van der Waals surface area contributed by atoms with Crippen molar-refractivity contribution in [2.24, 2.45) is 0 Å². The highest BCUT2D eigenvalue weighted by molar-refractivity contribution is 8.13. The number of amides is 1. The molecule has 1 aliphatic heterocycles. The summed E-state index contributed by atoms with van der Waals surface area (Å²) in [6.45, 7) is 0.519. The molecule has 0 bridgehead atoms. The number of rotatable bonds is 2. The first kappa shape index (κ1) is 12.3. The second-order valence-electron chi connectivity index (χ2n) is 3.70. The minimum Gasteiger partial charge on any atom is -0.312 e. The summed E-state index contributed by atoms with van der Waals surface area (Å²) >= 11 is 0. The van der Waals surface area contributed by atoms with Gasteiger partial charge in [-0.15, -0.1) is 0 Å². The van der Waals surface area contributed by atoms with Crippen LogP contribution in [0.25, 0.3) is 0 Å². The molecule has 4 nitrogen and oxygen atoms in total. The molecule has 0 aliphatic carbocycles. The molecule has 1 aliphatic rings. The van der Waals surface area contributed by atoms with Gasteiger partial charge in [-0.1, -0.05) is 0 Å². The summed E-state index contributed by atoms with van der Waals surface area (Å²) in [5, 5.41) is 0. The van der Waals surface area contributed by atoms with Crippen LogP contribution in [0.15, 0.2) is 23.1 Å². The third kappa shape index (κ3) is 2.42. The highest BCUT2D eigenvalue weighted by Crippen LogP contribution is 2.26. The molecule has 92 valence electrons. The van der Waals surface area contributed by atoms with Crippen molar-refractivity contribution in [2.45, 2.75) is 17.7 Å². The van der Waals surface area contributed by atoms with Crippen LogP contribution in [0.4, 0.5) is 10.1 Å². The molecule has 17 heavy (non-hydrogen) atoms. The van der Waals surface area contributed by atoms with Crippen molar-refractivity contribution >= 4 is 31.3 Å². The maximum Gasteiger partial charge on any atom is 0.264 e. The van der Waals surface area contributed by atoms with E-state index in [4.69, 9.17) is 10.7 Å². The maximum atomic E-state index is 13.5. The van der Waals surface area contributed by atoms with Crippen LogP contribution in [0.1, 0.15) is 12.8 Å². The minimum absolute atomic E-state index is 0.0918. The number of benzene rings is 1. The average molecular weight is 278 g/mol. The van der Waals surface area contributed by atoms with Crippen LogP contribution in [0, 0.1) is 5.82 Å². The van der Waals surface area contributed by atoms with Crippen molar-refractivity contribution < 1.29 is 17.6 Å². The van der Waals surface area contributed by atoms with Gasteiger partial charge in [-0.2, -0.15) is 0 Å². The van der Waals surface area contributed by atoms with Crippen molar-refractivity contribution in [1.29, 1.82) is 0 Å². The van der Waals surface area contributed by atoms with Gasteiger partial charge in [0.1, 0.15) is 10.7 Å². The van der Waals surface area contributed by atoms with Crippen LogP contribution >= 0.6 is 10.7 Å². The number of hydrogen-bond acceptors (Lipinski definition) is 3. The SMILES string of the molecule is O=C1CCCN1c1ccc(S(=O)(=O)Cl)c(F)c1. The van der Waals surface area contributed by atoms with Gasteiger partial charge in [0.2, 0.25) is 5.91 Å². The Morgan fingerprint density at radius 3 is 2.53 bits per heavy atom. The fourth-order valence-electron chi connectivity index (χ4n) is 1.78. The average Bonchev–Trinajstić information content (AvgIpc) is 2.62. The van der Waals surface area contributed by atoms with E-state index in [0.29, 0.717) is 18.7 Å². The zero-order valence-electron chi connectivity index (χ0n) is 8.69. The van der Waals surface area contributed by atoms with E-state index in [0.717, 1.165) is 18.6 Å². The van der Waals surface area contributed by atoms with Gasteiger partial charge >= 0.3 is 0 Å². The lowest BCUT2D eigenvalue weighted by molar-refractivity contribution is -0.117. The van der Waals surface area contributed by atoms with Gasteiger partial charge in [-0.3, -0.25) is 4.79 Å². The van der Waals surface area contributed by atoms with Gasteiger partial charge in [0.15, 0.2) is 0 Å². The molecule has 2 rings (SSSR count). The second kappa shape index (κ2) is 4.27. The number of hydrogen-bond donors (Lipinski definition) is 0. The zero-order chi connectivity index (χ0) is 12.6. The number of anilines is 1. The Bertz CT molecular complexity index is 573. The summed E-state index contributed by atoms with van der Waals surface area (Å²) in [7, 11) is 0.963. The molecule has 0 N–H and O–H groups in total. The number of carbonyl (C=O) groups is 1. The molecule has 1 heterocycles. The van der Waals surface area contributed by atoms with Gasteiger partial charge in [0, 0.05) is 29.3 Å². The zero-order valence-corrected chi connectivity index (χ0v) is 10.3. The first-order valence-corrected chi connectivity index (χ1v) is 7.25.